The molecule has 2 aromatic rings. The van der Waals surface area contributed by atoms with Gasteiger partial charge < -0.3 is 0 Å². The van der Waals surface area contributed by atoms with E-state index in [1.165, 1.54) is 24.2 Å². The molecule has 0 bridgehead atoms. The summed E-state index contributed by atoms with van der Waals surface area (Å²) in [4.78, 5) is 5.40. The highest BCUT2D eigenvalue weighted by Crippen LogP contribution is 2.43. The predicted molar refractivity (Wildman–Crippen MR) is 64.2 cm³/mol. The molecule has 0 unspecified atom stereocenters. The first-order valence-corrected chi connectivity index (χ1v) is 6.16. The maximum atomic E-state index is 9.08. The van der Waals surface area contributed by atoms with Crippen molar-refractivity contribution in [2.24, 2.45) is 0 Å². The molecule has 0 spiro atoms. The van der Waals surface area contributed by atoms with E-state index < -0.39 is 0 Å². The Hall–Kier alpha value is -1.66. The smallest absolute Gasteiger partial charge is 0.128 e. The Morgan fingerprint density at radius 3 is 2.62 bits per heavy atom. The van der Waals surface area contributed by atoms with Crippen LogP contribution >= 0.6 is 11.3 Å². The summed E-state index contributed by atoms with van der Waals surface area (Å²) in [7, 11) is 0. The van der Waals surface area contributed by atoms with Gasteiger partial charge in [0.15, 0.2) is 0 Å². The molecular weight excluding hydrogens is 216 g/mol. The molecule has 0 amide bonds. The van der Waals surface area contributed by atoms with Crippen LogP contribution in [0.2, 0.25) is 0 Å². The van der Waals surface area contributed by atoms with E-state index in [1.54, 1.807) is 0 Å². The zero-order chi connectivity index (χ0) is 11.0. The van der Waals surface area contributed by atoms with Crippen molar-refractivity contribution in [3.8, 4) is 16.6 Å². The van der Waals surface area contributed by atoms with Gasteiger partial charge in [-0.2, -0.15) is 5.26 Å². The van der Waals surface area contributed by atoms with Crippen molar-refractivity contribution in [3.05, 3.63) is 40.9 Å². The fraction of sp³-hybridized carbons (Fsp3) is 0.231. The molecular formula is C13H10N2S. The van der Waals surface area contributed by atoms with E-state index in [2.05, 4.69) is 11.1 Å². The van der Waals surface area contributed by atoms with Crippen LogP contribution in [-0.4, -0.2) is 4.98 Å². The summed E-state index contributed by atoms with van der Waals surface area (Å²) in [5.41, 5.74) is 2.13. The Balaban J connectivity index is 2.06. The van der Waals surface area contributed by atoms with E-state index in [9.17, 15) is 0 Å². The van der Waals surface area contributed by atoms with Gasteiger partial charge in [-0.1, -0.05) is 30.3 Å². The molecule has 78 valence electrons. The van der Waals surface area contributed by atoms with Gasteiger partial charge in [-0.25, -0.2) is 4.98 Å². The molecule has 1 aliphatic rings. The molecule has 1 saturated carbocycles. The van der Waals surface area contributed by atoms with Crippen LogP contribution in [0.25, 0.3) is 10.6 Å². The fourth-order valence-electron chi connectivity index (χ4n) is 1.75. The van der Waals surface area contributed by atoms with Crippen LogP contribution in [0.3, 0.4) is 0 Å². The van der Waals surface area contributed by atoms with Crippen molar-refractivity contribution in [2.75, 3.05) is 0 Å². The number of nitrogens with zero attached hydrogens (tertiary/aromatic N) is 2. The Labute approximate surface area is 98.2 Å². The van der Waals surface area contributed by atoms with Gasteiger partial charge in [0, 0.05) is 11.5 Å². The molecule has 1 aliphatic carbocycles. The van der Waals surface area contributed by atoms with Gasteiger partial charge in [-0.15, -0.1) is 11.3 Å². The van der Waals surface area contributed by atoms with E-state index in [1.807, 2.05) is 30.3 Å². The monoisotopic (exact) mass is 226 g/mol. The third kappa shape index (κ3) is 1.62. The summed E-state index contributed by atoms with van der Waals surface area (Å²) >= 11 is 1.51. The van der Waals surface area contributed by atoms with Gasteiger partial charge >= 0.3 is 0 Å². The standard InChI is InChI=1S/C13H10N2S/c14-8-11-12(9-6-7-9)15-13(16-11)10-4-2-1-3-5-10/h1-5,9H,6-7H2. The molecule has 1 aromatic carbocycles. The highest BCUT2D eigenvalue weighted by molar-refractivity contribution is 7.15. The molecule has 2 nitrogen and oxygen atoms in total. The summed E-state index contributed by atoms with van der Waals surface area (Å²) in [5, 5.41) is 10.0. The quantitative estimate of drug-likeness (QED) is 0.785. The average Bonchev–Trinajstić information content (AvgIpc) is 3.10. The van der Waals surface area contributed by atoms with Gasteiger partial charge in [-0.3, -0.25) is 0 Å². The summed E-state index contributed by atoms with van der Waals surface area (Å²) in [6.45, 7) is 0. The van der Waals surface area contributed by atoms with Crippen LogP contribution in [0.15, 0.2) is 30.3 Å². The largest absolute Gasteiger partial charge is 0.239 e. The second kappa shape index (κ2) is 3.73. The van der Waals surface area contributed by atoms with Crippen molar-refractivity contribution in [1.29, 1.82) is 5.26 Å². The van der Waals surface area contributed by atoms with Gasteiger partial charge in [0.1, 0.15) is 16.0 Å². The highest BCUT2D eigenvalue weighted by atomic mass is 32.1. The van der Waals surface area contributed by atoms with Crippen LogP contribution in [0.4, 0.5) is 0 Å². The number of aromatic nitrogens is 1. The molecule has 3 heteroatoms. The van der Waals surface area contributed by atoms with E-state index in [0.29, 0.717) is 5.92 Å². The van der Waals surface area contributed by atoms with Gasteiger partial charge in [0.2, 0.25) is 0 Å². The van der Waals surface area contributed by atoms with Crippen LogP contribution in [0.1, 0.15) is 29.3 Å². The Morgan fingerprint density at radius 1 is 1.25 bits per heavy atom. The van der Waals surface area contributed by atoms with Crippen molar-refractivity contribution < 1.29 is 0 Å². The molecule has 1 aromatic heterocycles. The van der Waals surface area contributed by atoms with Crippen LogP contribution in [0, 0.1) is 11.3 Å². The van der Waals surface area contributed by atoms with Gasteiger partial charge in [-0.05, 0) is 12.8 Å². The minimum atomic E-state index is 0.545. The molecule has 16 heavy (non-hydrogen) atoms. The van der Waals surface area contributed by atoms with Gasteiger partial charge in [0.25, 0.3) is 0 Å². The first-order valence-electron chi connectivity index (χ1n) is 5.34. The molecule has 0 aliphatic heterocycles. The first kappa shape index (κ1) is 9.56. The zero-order valence-electron chi connectivity index (χ0n) is 8.68. The van der Waals surface area contributed by atoms with Crippen LogP contribution in [0.5, 0.6) is 0 Å². The number of hydrogen-bond acceptors (Lipinski definition) is 3. The van der Waals surface area contributed by atoms with Crippen LogP contribution < -0.4 is 0 Å². The topological polar surface area (TPSA) is 36.7 Å². The third-order valence-corrected chi connectivity index (χ3v) is 3.76. The molecule has 3 rings (SSSR count). The van der Waals surface area contributed by atoms with Crippen molar-refractivity contribution in [3.63, 3.8) is 0 Å². The van der Waals surface area contributed by atoms with Gasteiger partial charge in [0.05, 0.1) is 5.69 Å². The minimum Gasteiger partial charge on any atom is -0.239 e. The number of nitriles is 1. The Bertz CT molecular complexity index is 547. The summed E-state index contributed by atoms with van der Waals surface area (Å²) in [6, 6.07) is 12.3. The Morgan fingerprint density at radius 2 is 2.00 bits per heavy atom. The molecule has 0 N–H and O–H groups in total. The van der Waals surface area contributed by atoms with Crippen molar-refractivity contribution in [1.82, 2.24) is 4.98 Å². The number of rotatable bonds is 2. The lowest BCUT2D eigenvalue weighted by atomic mass is 10.2. The Kier molecular flexibility index (Phi) is 2.23. The molecule has 1 fully saturated rings. The first-order chi connectivity index (χ1) is 7.88. The van der Waals surface area contributed by atoms with E-state index >= 15 is 0 Å². The highest BCUT2D eigenvalue weighted by Gasteiger charge is 2.29. The average molecular weight is 226 g/mol. The van der Waals surface area contributed by atoms with Crippen LogP contribution in [-0.2, 0) is 0 Å². The molecule has 0 saturated heterocycles. The van der Waals surface area contributed by atoms with E-state index in [-0.39, 0.29) is 0 Å². The molecule has 0 atom stereocenters. The predicted octanol–water partition coefficient (Wildman–Crippen LogP) is 3.56. The summed E-state index contributed by atoms with van der Waals surface area (Å²) < 4.78 is 0. The maximum absolute atomic E-state index is 9.08. The second-order valence-corrected chi connectivity index (χ2v) is 4.98. The number of benzene rings is 1. The normalized spacial score (nSPS) is 14.7. The second-order valence-electron chi connectivity index (χ2n) is 3.99. The number of thiazole rings is 1. The van der Waals surface area contributed by atoms with Crippen molar-refractivity contribution >= 4 is 11.3 Å². The summed E-state index contributed by atoms with van der Waals surface area (Å²) in [5.74, 6) is 0.545. The minimum absolute atomic E-state index is 0.545. The zero-order valence-corrected chi connectivity index (χ0v) is 9.50. The van der Waals surface area contributed by atoms with E-state index in [4.69, 9.17) is 5.26 Å². The molecule has 1 heterocycles. The lowest BCUT2D eigenvalue weighted by Crippen LogP contribution is -1.83. The molecule has 0 radical (unpaired) electrons. The lowest BCUT2D eigenvalue weighted by Gasteiger charge is -1.93. The van der Waals surface area contributed by atoms with Crippen molar-refractivity contribution in [2.45, 2.75) is 18.8 Å². The fourth-order valence-corrected chi connectivity index (χ4v) is 2.70. The SMILES string of the molecule is N#Cc1sc(-c2ccccc2)nc1C1CC1. The maximum Gasteiger partial charge on any atom is 0.128 e. The van der Waals surface area contributed by atoms with E-state index in [0.717, 1.165) is 21.1 Å². The summed E-state index contributed by atoms with van der Waals surface area (Å²) in [6.07, 6.45) is 2.37. The third-order valence-electron chi connectivity index (χ3n) is 2.74. The number of hydrogen-bond donors (Lipinski definition) is 0. The lowest BCUT2D eigenvalue weighted by molar-refractivity contribution is 1.04.